The zero-order chi connectivity index (χ0) is 14.2. The fourth-order valence-corrected chi connectivity index (χ4v) is 2.90. The van der Waals surface area contributed by atoms with Crippen LogP contribution >= 0.6 is 0 Å². The molecule has 0 atom stereocenters. The molecule has 110 valence electrons. The van der Waals surface area contributed by atoms with E-state index in [-0.39, 0.29) is 5.97 Å². The molecule has 0 aliphatic heterocycles. The van der Waals surface area contributed by atoms with Gasteiger partial charge in [-0.05, 0) is 24.5 Å². The van der Waals surface area contributed by atoms with E-state index in [0.29, 0.717) is 11.6 Å². The largest absolute Gasteiger partial charge is 0.465 e. The standard InChI is InChI=1S/C17H25NO2/c1-20-17(19)16-12-8-7-9-14(16)13-18-15-10-5-3-2-4-6-11-15/h7-9,12,15,18H,2-6,10-11,13H2,1H3. The number of hydrogen-bond acceptors (Lipinski definition) is 3. The van der Waals surface area contributed by atoms with Crippen molar-refractivity contribution in [3.05, 3.63) is 35.4 Å². The van der Waals surface area contributed by atoms with Gasteiger partial charge in [0.15, 0.2) is 0 Å². The molecule has 0 saturated heterocycles. The summed E-state index contributed by atoms with van der Waals surface area (Å²) in [5.74, 6) is -0.250. The first kappa shape index (κ1) is 15.0. The zero-order valence-corrected chi connectivity index (χ0v) is 12.4. The Kier molecular flexibility index (Phi) is 6.06. The van der Waals surface area contributed by atoms with E-state index in [2.05, 4.69) is 5.32 Å². The molecule has 20 heavy (non-hydrogen) atoms. The van der Waals surface area contributed by atoms with Gasteiger partial charge < -0.3 is 10.1 Å². The third kappa shape index (κ3) is 4.34. The van der Waals surface area contributed by atoms with E-state index in [9.17, 15) is 4.79 Å². The second-order valence-electron chi connectivity index (χ2n) is 5.57. The van der Waals surface area contributed by atoms with Crippen LogP contribution in [-0.2, 0) is 11.3 Å². The molecule has 0 heterocycles. The summed E-state index contributed by atoms with van der Waals surface area (Å²) < 4.78 is 4.84. The predicted octanol–water partition coefficient (Wildman–Crippen LogP) is 3.68. The van der Waals surface area contributed by atoms with Gasteiger partial charge in [0.25, 0.3) is 0 Å². The molecule has 1 saturated carbocycles. The summed E-state index contributed by atoms with van der Waals surface area (Å²) in [6.07, 6.45) is 9.24. The minimum Gasteiger partial charge on any atom is -0.465 e. The van der Waals surface area contributed by atoms with Crippen LogP contribution < -0.4 is 5.32 Å². The van der Waals surface area contributed by atoms with Gasteiger partial charge in [-0.25, -0.2) is 4.79 Å². The smallest absolute Gasteiger partial charge is 0.338 e. The number of ether oxygens (including phenoxy) is 1. The van der Waals surface area contributed by atoms with Gasteiger partial charge >= 0.3 is 5.97 Å². The van der Waals surface area contributed by atoms with Crippen LogP contribution in [0, 0.1) is 0 Å². The molecule has 0 radical (unpaired) electrons. The van der Waals surface area contributed by atoms with Crippen molar-refractivity contribution >= 4 is 5.97 Å². The molecule has 2 rings (SSSR count). The van der Waals surface area contributed by atoms with Crippen LogP contribution in [0.4, 0.5) is 0 Å². The maximum atomic E-state index is 11.7. The number of esters is 1. The van der Waals surface area contributed by atoms with Gasteiger partial charge in [-0.15, -0.1) is 0 Å². The van der Waals surface area contributed by atoms with Crippen molar-refractivity contribution in [1.82, 2.24) is 5.32 Å². The molecule has 3 heteroatoms. The summed E-state index contributed by atoms with van der Waals surface area (Å²) in [6.45, 7) is 0.746. The average molecular weight is 275 g/mol. The molecular weight excluding hydrogens is 250 g/mol. The van der Waals surface area contributed by atoms with Gasteiger partial charge in [0.05, 0.1) is 12.7 Å². The lowest BCUT2D eigenvalue weighted by Crippen LogP contribution is -2.29. The normalized spacial score (nSPS) is 17.2. The molecule has 0 amide bonds. The van der Waals surface area contributed by atoms with Crippen molar-refractivity contribution in [2.45, 2.75) is 57.5 Å². The van der Waals surface area contributed by atoms with E-state index in [1.165, 1.54) is 52.1 Å². The number of rotatable bonds is 4. The fraction of sp³-hybridized carbons (Fsp3) is 0.588. The third-order valence-corrected chi connectivity index (χ3v) is 4.11. The topological polar surface area (TPSA) is 38.3 Å². The van der Waals surface area contributed by atoms with E-state index in [1.54, 1.807) is 0 Å². The molecule has 3 nitrogen and oxygen atoms in total. The number of benzene rings is 1. The molecule has 0 aromatic heterocycles. The fourth-order valence-electron chi connectivity index (χ4n) is 2.90. The Hall–Kier alpha value is -1.35. The van der Waals surface area contributed by atoms with E-state index >= 15 is 0 Å². The Labute approximate surface area is 121 Å². The van der Waals surface area contributed by atoms with Crippen LogP contribution in [0.5, 0.6) is 0 Å². The van der Waals surface area contributed by atoms with Gasteiger partial charge in [-0.1, -0.05) is 50.3 Å². The minimum atomic E-state index is -0.250. The van der Waals surface area contributed by atoms with Crippen molar-refractivity contribution in [1.29, 1.82) is 0 Å². The molecule has 1 fully saturated rings. The lowest BCUT2D eigenvalue weighted by molar-refractivity contribution is 0.0599. The Bertz CT molecular complexity index is 423. The zero-order valence-electron chi connectivity index (χ0n) is 12.4. The molecule has 0 spiro atoms. The molecule has 1 aliphatic rings. The van der Waals surface area contributed by atoms with Crippen molar-refractivity contribution < 1.29 is 9.53 Å². The lowest BCUT2D eigenvalue weighted by Gasteiger charge is -2.21. The third-order valence-electron chi connectivity index (χ3n) is 4.11. The van der Waals surface area contributed by atoms with Crippen LogP contribution in [0.15, 0.2) is 24.3 Å². The molecule has 1 aromatic rings. The first-order valence-corrected chi connectivity index (χ1v) is 7.71. The molecule has 0 unspecified atom stereocenters. The van der Waals surface area contributed by atoms with E-state index < -0.39 is 0 Å². The number of carbonyl (C=O) groups excluding carboxylic acids is 1. The van der Waals surface area contributed by atoms with Gasteiger partial charge in [0.1, 0.15) is 0 Å². The highest BCUT2D eigenvalue weighted by Crippen LogP contribution is 2.18. The highest BCUT2D eigenvalue weighted by atomic mass is 16.5. The van der Waals surface area contributed by atoms with Crippen LogP contribution in [0.2, 0.25) is 0 Å². The summed E-state index contributed by atoms with van der Waals surface area (Å²) in [5, 5.41) is 3.62. The summed E-state index contributed by atoms with van der Waals surface area (Å²) >= 11 is 0. The van der Waals surface area contributed by atoms with Gasteiger partial charge in [0.2, 0.25) is 0 Å². The summed E-state index contributed by atoms with van der Waals surface area (Å²) in [4.78, 5) is 11.7. The van der Waals surface area contributed by atoms with Crippen LogP contribution in [0.25, 0.3) is 0 Å². The van der Waals surface area contributed by atoms with Crippen molar-refractivity contribution in [2.75, 3.05) is 7.11 Å². The van der Waals surface area contributed by atoms with Crippen molar-refractivity contribution in [3.8, 4) is 0 Å². The Morgan fingerprint density at radius 3 is 2.50 bits per heavy atom. The number of nitrogens with one attached hydrogen (secondary N) is 1. The van der Waals surface area contributed by atoms with Gasteiger partial charge in [-0.3, -0.25) is 0 Å². The molecule has 0 bridgehead atoms. The second kappa shape index (κ2) is 8.05. The van der Waals surface area contributed by atoms with Crippen molar-refractivity contribution in [2.24, 2.45) is 0 Å². The molecule has 1 aliphatic carbocycles. The van der Waals surface area contributed by atoms with Gasteiger partial charge in [0, 0.05) is 12.6 Å². The van der Waals surface area contributed by atoms with Crippen molar-refractivity contribution in [3.63, 3.8) is 0 Å². The summed E-state index contributed by atoms with van der Waals surface area (Å²) in [6, 6.07) is 8.28. The van der Waals surface area contributed by atoms with Gasteiger partial charge in [-0.2, -0.15) is 0 Å². The monoisotopic (exact) mass is 275 g/mol. The SMILES string of the molecule is COC(=O)c1ccccc1CNC1CCCCCCC1. The number of methoxy groups -OCH3 is 1. The number of hydrogen-bond donors (Lipinski definition) is 1. The molecule has 1 aromatic carbocycles. The number of carbonyl (C=O) groups is 1. The van der Waals surface area contributed by atoms with Crippen LogP contribution in [-0.4, -0.2) is 19.1 Å². The Balaban J connectivity index is 1.94. The Morgan fingerprint density at radius 2 is 1.80 bits per heavy atom. The lowest BCUT2D eigenvalue weighted by atomic mass is 9.96. The molecular formula is C17H25NO2. The predicted molar refractivity (Wildman–Crippen MR) is 80.7 cm³/mol. The summed E-state index contributed by atoms with van der Waals surface area (Å²) in [7, 11) is 1.43. The maximum absolute atomic E-state index is 11.7. The first-order valence-electron chi connectivity index (χ1n) is 7.71. The maximum Gasteiger partial charge on any atom is 0.338 e. The quantitative estimate of drug-likeness (QED) is 0.852. The van der Waals surface area contributed by atoms with Crippen LogP contribution in [0.1, 0.15) is 60.9 Å². The molecule has 1 N–H and O–H groups in total. The minimum absolute atomic E-state index is 0.250. The second-order valence-corrected chi connectivity index (χ2v) is 5.57. The van der Waals surface area contributed by atoms with E-state index in [4.69, 9.17) is 4.74 Å². The highest BCUT2D eigenvalue weighted by Gasteiger charge is 2.14. The van der Waals surface area contributed by atoms with Crippen LogP contribution in [0.3, 0.4) is 0 Å². The average Bonchev–Trinajstić information content (AvgIpc) is 2.45. The first-order chi connectivity index (χ1) is 9.81. The Morgan fingerprint density at radius 1 is 1.15 bits per heavy atom. The van der Waals surface area contributed by atoms with E-state index in [0.717, 1.165) is 12.1 Å². The highest BCUT2D eigenvalue weighted by molar-refractivity contribution is 5.90. The van der Waals surface area contributed by atoms with E-state index in [1.807, 2.05) is 24.3 Å². The summed E-state index contributed by atoms with van der Waals surface area (Å²) in [5.41, 5.74) is 1.70.